The summed E-state index contributed by atoms with van der Waals surface area (Å²) in [7, 11) is 0. The van der Waals surface area contributed by atoms with Crippen molar-refractivity contribution in [1.29, 1.82) is 0 Å². The molecule has 4 heteroatoms. The normalized spacial score (nSPS) is 12.1. The van der Waals surface area contributed by atoms with Crippen molar-refractivity contribution < 1.29 is 19.4 Å². The lowest BCUT2D eigenvalue weighted by Gasteiger charge is -2.30. The third-order valence-corrected chi connectivity index (χ3v) is 2.94. The van der Waals surface area contributed by atoms with Crippen molar-refractivity contribution in [3.63, 3.8) is 0 Å². The monoisotopic (exact) mass is 278 g/mol. The van der Waals surface area contributed by atoms with E-state index in [9.17, 15) is 14.7 Å². The Kier molecular flexibility index (Phi) is 4.58. The zero-order valence-corrected chi connectivity index (χ0v) is 12.7. The van der Waals surface area contributed by atoms with Gasteiger partial charge in [0.05, 0.1) is 11.0 Å². The Balaban J connectivity index is 2.72. The third kappa shape index (κ3) is 4.08. The van der Waals surface area contributed by atoms with Gasteiger partial charge < -0.3 is 9.84 Å². The Morgan fingerprint density at radius 1 is 1.15 bits per heavy atom. The molecule has 0 saturated heterocycles. The van der Waals surface area contributed by atoms with E-state index in [0.29, 0.717) is 0 Å². The maximum Gasteiger partial charge on any atom is 0.338 e. The van der Waals surface area contributed by atoms with E-state index in [1.807, 2.05) is 20.8 Å². The molecule has 0 unspecified atom stereocenters. The van der Waals surface area contributed by atoms with E-state index in [1.165, 1.54) is 12.1 Å². The molecule has 0 atom stereocenters. The number of benzene rings is 1. The molecule has 4 nitrogen and oxygen atoms in total. The molecule has 0 aliphatic carbocycles. The van der Waals surface area contributed by atoms with E-state index < -0.39 is 16.8 Å². The van der Waals surface area contributed by atoms with Crippen LogP contribution < -0.4 is 0 Å². The van der Waals surface area contributed by atoms with Gasteiger partial charge in [0.1, 0.15) is 18.1 Å². The SMILES string of the molecule is CC(C)(C)C(=O)C(C)(C)COC(=O)c1cccc(O)c1. The van der Waals surface area contributed by atoms with E-state index in [0.717, 1.165) is 0 Å². The highest BCUT2D eigenvalue weighted by atomic mass is 16.5. The Labute approximate surface area is 119 Å². The first-order chi connectivity index (χ1) is 9.04. The van der Waals surface area contributed by atoms with Crippen LogP contribution in [0.2, 0.25) is 0 Å². The first-order valence-corrected chi connectivity index (χ1v) is 6.55. The number of aromatic hydroxyl groups is 1. The van der Waals surface area contributed by atoms with Crippen LogP contribution in [0.25, 0.3) is 0 Å². The van der Waals surface area contributed by atoms with Crippen molar-refractivity contribution in [3.05, 3.63) is 29.8 Å². The average molecular weight is 278 g/mol. The molecule has 0 fully saturated rings. The number of esters is 1. The number of rotatable bonds is 4. The van der Waals surface area contributed by atoms with E-state index in [1.54, 1.807) is 26.0 Å². The van der Waals surface area contributed by atoms with Gasteiger partial charge in [-0.2, -0.15) is 0 Å². The van der Waals surface area contributed by atoms with Crippen LogP contribution in [0.1, 0.15) is 45.0 Å². The number of ether oxygens (including phenoxy) is 1. The molecule has 0 heterocycles. The zero-order chi connectivity index (χ0) is 15.6. The maximum atomic E-state index is 12.3. The lowest BCUT2D eigenvalue weighted by atomic mass is 9.75. The van der Waals surface area contributed by atoms with Crippen LogP contribution in [0.4, 0.5) is 0 Å². The third-order valence-electron chi connectivity index (χ3n) is 2.94. The molecule has 1 aromatic rings. The number of ketones is 1. The van der Waals surface area contributed by atoms with Gasteiger partial charge in [0.2, 0.25) is 0 Å². The van der Waals surface area contributed by atoms with Gasteiger partial charge in [0.25, 0.3) is 0 Å². The van der Waals surface area contributed by atoms with Crippen LogP contribution >= 0.6 is 0 Å². The Morgan fingerprint density at radius 2 is 1.75 bits per heavy atom. The van der Waals surface area contributed by atoms with E-state index >= 15 is 0 Å². The molecule has 0 amide bonds. The fourth-order valence-corrected chi connectivity index (χ4v) is 2.04. The highest BCUT2D eigenvalue weighted by Crippen LogP contribution is 2.29. The van der Waals surface area contributed by atoms with Gasteiger partial charge in [-0.05, 0) is 32.0 Å². The molecular formula is C16H22O4. The van der Waals surface area contributed by atoms with Gasteiger partial charge >= 0.3 is 5.97 Å². The van der Waals surface area contributed by atoms with Gasteiger partial charge in [-0.25, -0.2) is 4.79 Å². The number of carbonyl (C=O) groups is 2. The smallest absolute Gasteiger partial charge is 0.338 e. The van der Waals surface area contributed by atoms with E-state index in [4.69, 9.17) is 4.74 Å². The molecule has 0 spiro atoms. The minimum atomic E-state index is -0.745. The lowest BCUT2D eigenvalue weighted by molar-refractivity contribution is -0.137. The molecule has 20 heavy (non-hydrogen) atoms. The minimum Gasteiger partial charge on any atom is -0.508 e. The quantitative estimate of drug-likeness (QED) is 0.859. The first kappa shape index (κ1) is 16.2. The molecule has 0 saturated carbocycles. The summed E-state index contributed by atoms with van der Waals surface area (Å²) in [6.07, 6.45) is 0. The molecule has 1 rings (SSSR count). The van der Waals surface area contributed by atoms with E-state index in [2.05, 4.69) is 0 Å². The largest absolute Gasteiger partial charge is 0.508 e. The second-order valence-corrected chi connectivity index (χ2v) is 6.59. The fraction of sp³-hybridized carbons (Fsp3) is 0.500. The van der Waals surface area contributed by atoms with Crippen LogP contribution in [-0.2, 0) is 9.53 Å². The molecule has 0 aliphatic rings. The predicted octanol–water partition coefficient (Wildman–Crippen LogP) is 3.19. The second kappa shape index (κ2) is 5.65. The van der Waals surface area contributed by atoms with Crippen molar-refractivity contribution in [2.45, 2.75) is 34.6 Å². The molecule has 110 valence electrons. The van der Waals surface area contributed by atoms with Gasteiger partial charge in [0, 0.05) is 5.41 Å². The topological polar surface area (TPSA) is 63.6 Å². The highest BCUT2D eigenvalue weighted by molar-refractivity contribution is 5.91. The number of phenolic OH excluding ortho intramolecular Hbond substituents is 1. The van der Waals surface area contributed by atoms with Crippen LogP contribution in [0.15, 0.2) is 24.3 Å². The molecule has 0 radical (unpaired) electrons. The summed E-state index contributed by atoms with van der Waals surface area (Å²) < 4.78 is 5.19. The molecule has 0 bridgehead atoms. The zero-order valence-electron chi connectivity index (χ0n) is 12.7. The lowest BCUT2D eigenvalue weighted by Crippen LogP contribution is -2.38. The molecule has 1 N–H and O–H groups in total. The highest BCUT2D eigenvalue weighted by Gasteiger charge is 2.37. The number of hydrogen-bond donors (Lipinski definition) is 1. The van der Waals surface area contributed by atoms with E-state index in [-0.39, 0.29) is 23.7 Å². The molecule has 1 aromatic carbocycles. The van der Waals surface area contributed by atoms with Gasteiger partial charge in [-0.3, -0.25) is 4.79 Å². The average Bonchev–Trinajstić information content (AvgIpc) is 2.34. The summed E-state index contributed by atoms with van der Waals surface area (Å²) in [6.45, 7) is 9.06. The summed E-state index contributed by atoms with van der Waals surface area (Å²) >= 11 is 0. The first-order valence-electron chi connectivity index (χ1n) is 6.55. The summed E-state index contributed by atoms with van der Waals surface area (Å²) in [5.41, 5.74) is -0.963. The van der Waals surface area contributed by atoms with Crippen LogP contribution in [0, 0.1) is 10.8 Å². The van der Waals surface area contributed by atoms with Crippen molar-refractivity contribution >= 4 is 11.8 Å². The summed E-state index contributed by atoms with van der Waals surface area (Å²) in [5.74, 6) is -0.506. The Morgan fingerprint density at radius 3 is 2.25 bits per heavy atom. The number of Topliss-reactive ketones (excluding diaryl/α,β-unsaturated/α-hetero) is 1. The van der Waals surface area contributed by atoms with Gasteiger partial charge in [-0.15, -0.1) is 0 Å². The summed E-state index contributed by atoms with van der Waals surface area (Å²) in [5, 5.41) is 9.32. The summed E-state index contributed by atoms with van der Waals surface area (Å²) in [6, 6.07) is 5.93. The second-order valence-electron chi connectivity index (χ2n) is 6.59. The summed E-state index contributed by atoms with van der Waals surface area (Å²) in [4.78, 5) is 24.1. The van der Waals surface area contributed by atoms with Gasteiger partial charge in [-0.1, -0.05) is 26.8 Å². The predicted molar refractivity (Wildman–Crippen MR) is 76.6 cm³/mol. The van der Waals surface area contributed by atoms with Crippen molar-refractivity contribution in [3.8, 4) is 5.75 Å². The Bertz CT molecular complexity index is 509. The molecule has 0 aliphatic heterocycles. The minimum absolute atomic E-state index is 0.00415. The van der Waals surface area contributed by atoms with Crippen molar-refractivity contribution in [2.75, 3.05) is 6.61 Å². The maximum absolute atomic E-state index is 12.3. The number of hydrogen-bond acceptors (Lipinski definition) is 4. The van der Waals surface area contributed by atoms with Crippen LogP contribution in [0.5, 0.6) is 5.75 Å². The number of carbonyl (C=O) groups excluding carboxylic acids is 2. The Hall–Kier alpha value is -1.84. The fourth-order valence-electron chi connectivity index (χ4n) is 2.04. The number of phenols is 1. The molecular weight excluding hydrogens is 256 g/mol. The van der Waals surface area contributed by atoms with Crippen LogP contribution in [0.3, 0.4) is 0 Å². The van der Waals surface area contributed by atoms with Crippen molar-refractivity contribution in [1.82, 2.24) is 0 Å². The standard InChI is InChI=1S/C16H22O4/c1-15(2,3)14(19)16(4,5)10-20-13(18)11-7-6-8-12(17)9-11/h6-9,17H,10H2,1-5H3. The molecule has 0 aromatic heterocycles. The van der Waals surface area contributed by atoms with Crippen molar-refractivity contribution in [2.24, 2.45) is 10.8 Å². The van der Waals surface area contributed by atoms with Gasteiger partial charge in [0.15, 0.2) is 0 Å². The van der Waals surface area contributed by atoms with Crippen LogP contribution in [-0.4, -0.2) is 23.5 Å².